The maximum absolute atomic E-state index is 13.0. The lowest BCUT2D eigenvalue weighted by atomic mass is 9.94. The van der Waals surface area contributed by atoms with E-state index in [1.165, 1.54) is 16.4 Å². The second-order valence-electron chi connectivity index (χ2n) is 6.95. The molecule has 0 N–H and O–H groups in total. The number of rotatable bonds is 2. The molecule has 0 spiro atoms. The van der Waals surface area contributed by atoms with Gasteiger partial charge in [0.05, 0.1) is 5.02 Å². The SMILES string of the molecule is CC(C)(C)C(=O)N1CCN(S(=O)(=O)c2ccc(Cl)c3nonc23)CC1. The van der Waals surface area contributed by atoms with E-state index >= 15 is 0 Å². The van der Waals surface area contributed by atoms with E-state index in [0.29, 0.717) is 13.1 Å². The number of piperazine rings is 1. The fourth-order valence-corrected chi connectivity index (χ4v) is 4.49. The molecule has 1 aliphatic heterocycles. The van der Waals surface area contributed by atoms with Crippen molar-refractivity contribution in [3.8, 4) is 0 Å². The molecule has 0 atom stereocenters. The molecule has 1 saturated heterocycles. The molecule has 3 rings (SSSR count). The van der Waals surface area contributed by atoms with Crippen LogP contribution in [0.15, 0.2) is 21.7 Å². The predicted octanol–water partition coefficient (Wildman–Crippen LogP) is 1.76. The van der Waals surface area contributed by atoms with Gasteiger partial charge in [-0.2, -0.15) is 4.31 Å². The first kappa shape index (κ1) is 18.1. The highest BCUT2D eigenvalue weighted by Crippen LogP contribution is 2.29. The van der Waals surface area contributed by atoms with Crippen molar-refractivity contribution < 1.29 is 17.8 Å². The summed E-state index contributed by atoms with van der Waals surface area (Å²) in [6.07, 6.45) is 0. The Bertz CT molecular complexity index is 911. The van der Waals surface area contributed by atoms with Gasteiger partial charge >= 0.3 is 0 Å². The quantitative estimate of drug-likeness (QED) is 0.780. The molecule has 0 unspecified atom stereocenters. The Balaban J connectivity index is 1.84. The maximum Gasteiger partial charge on any atom is 0.245 e. The number of amides is 1. The van der Waals surface area contributed by atoms with Crippen LogP contribution < -0.4 is 0 Å². The van der Waals surface area contributed by atoms with E-state index in [4.69, 9.17) is 11.6 Å². The minimum absolute atomic E-state index is 0.00347. The van der Waals surface area contributed by atoms with Crippen LogP contribution in [0.5, 0.6) is 0 Å². The van der Waals surface area contributed by atoms with Gasteiger partial charge in [0.2, 0.25) is 15.9 Å². The van der Waals surface area contributed by atoms with Crippen LogP contribution in [0.4, 0.5) is 0 Å². The topological polar surface area (TPSA) is 96.6 Å². The minimum atomic E-state index is -3.79. The van der Waals surface area contributed by atoms with Crippen LogP contribution in [0.3, 0.4) is 0 Å². The third-order valence-electron chi connectivity index (χ3n) is 4.11. The van der Waals surface area contributed by atoms with E-state index in [9.17, 15) is 13.2 Å². The van der Waals surface area contributed by atoms with Gasteiger partial charge in [0.15, 0.2) is 11.0 Å². The Labute approximate surface area is 150 Å². The molecular formula is C15H19ClN4O4S. The van der Waals surface area contributed by atoms with E-state index in [0.717, 1.165) is 0 Å². The zero-order valence-corrected chi connectivity index (χ0v) is 15.8. The summed E-state index contributed by atoms with van der Waals surface area (Å²) < 4.78 is 31.9. The summed E-state index contributed by atoms with van der Waals surface area (Å²) in [5.41, 5.74) is -0.166. The molecule has 1 aliphatic rings. The number of aromatic nitrogens is 2. The summed E-state index contributed by atoms with van der Waals surface area (Å²) in [5, 5.41) is 7.59. The number of fused-ring (bicyclic) bond motifs is 1. The van der Waals surface area contributed by atoms with Crippen LogP contribution in [0.2, 0.25) is 5.02 Å². The van der Waals surface area contributed by atoms with Crippen molar-refractivity contribution in [1.29, 1.82) is 0 Å². The van der Waals surface area contributed by atoms with Gasteiger partial charge in [-0.15, -0.1) is 0 Å². The van der Waals surface area contributed by atoms with Crippen molar-refractivity contribution in [2.75, 3.05) is 26.2 Å². The summed E-state index contributed by atoms with van der Waals surface area (Å²) in [6, 6.07) is 2.86. The molecule has 0 bridgehead atoms. The molecule has 0 radical (unpaired) electrons. The van der Waals surface area contributed by atoms with Crippen LogP contribution in [0, 0.1) is 5.41 Å². The number of carbonyl (C=O) groups is 1. The first-order chi connectivity index (χ1) is 11.6. The zero-order chi connectivity index (χ0) is 18.4. The van der Waals surface area contributed by atoms with Gasteiger partial charge in [-0.25, -0.2) is 13.0 Å². The molecule has 2 aromatic rings. The fraction of sp³-hybridized carbons (Fsp3) is 0.533. The van der Waals surface area contributed by atoms with Crippen molar-refractivity contribution >= 4 is 38.6 Å². The smallest absolute Gasteiger partial charge is 0.245 e. The first-order valence-electron chi connectivity index (χ1n) is 7.82. The summed E-state index contributed by atoms with van der Waals surface area (Å²) in [6.45, 7) is 6.69. The van der Waals surface area contributed by atoms with Gasteiger partial charge in [0, 0.05) is 31.6 Å². The highest BCUT2D eigenvalue weighted by Gasteiger charge is 2.35. The monoisotopic (exact) mass is 386 g/mol. The number of halogens is 1. The highest BCUT2D eigenvalue weighted by atomic mass is 35.5. The summed E-state index contributed by atoms with van der Waals surface area (Å²) in [7, 11) is -3.79. The average molecular weight is 387 g/mol. The van der Waals surface area contributed by atoms with Gasteiger partial charge < -0.3 is 4.90 Å². The molecule has 1 fully saturated rings. The Hall–Kier alpha value is -1.71. The van der Waals surface area contributed by atoms with Gasteiger partial charge in [0.25, 0.3) is 0 Å². The van der Waals surface area contributed by atoms with E-state index < -0.39 is 15.4 Å². The minimum Gasteiger partial charge on any atom is -0.340 e. The Kier molecular flexibility index (Phi) is 4.50. The first-order valence-corrected chi connectivity index (χ1v) is 9.64. The molecule has 10 heteroatoms. The molecule has 0 aliphatic carbocycles. The van der Waals surface area contributed by atoms with Crippen LogP contribution in [-0.2, 0) is 14.8 Å². The number of nitrogens with zero attached hydrogens (tertiary/aromatic N) is 4. The number of hydrogen-bond donors (Lipinski definition) is 0. The molecule has 0 saturated carbocycles. The summed E-state index contributed by atoms with van der Waals surface area (Å²) >= 11 is 5.99. The Morgan fingerprint density at radius 2 is 1.72 bits per heavy atom. The average Bonchev–Trinajstić information content (AvgIpc) is 3.04. The third kappa shape index (κ3) is 3.23. The van der Waals surface area contributed by atoms with E-state index in [-0.39, 0.29) is 39.9 Å². The normalized spacial score (nSPS) is 17.2. The van der Waals surface area contributed by atoms with Gasteiger partial charge in [0.1, 0.15) is 4.90 Å². The number of benzene rings is 1. The van der Waals surface area contributed by atoms with Crippen molar-refractivity contribution in [3.05, 3.63) is 17.2 Å². The lowest BCUT2D eigenvalue weighted by Crippen LogP contribution is -2.52. The number of sulfonamides is 1. The van der Waals surface area contributed by atoms with Crippen LogP contribution >= 0.6 is 11.6 Å². The van der Waals surface area contributed by atoms with Gasteiger partial charge in [-0.1, -0.05) is 32.4 Å². The van der Waals surface area contributed by atoms with Crippen molar-refractivity contribution in [1.82, 2.24) is 19.5 Å². The van der Waals surface area contributed by atoms with Crippen LogP contribution in [-0.4, -0.2) is 60.0 Å². The van der Waals surface area contributed by atoms with E-state index in [1.54, 1.807) is 4.90 Å². The summed E-state index contributed by atoms with van der Waals surface area (Å²) in [5.74, 6) is 0.0131. The summed E-state index contributed by atoms with van der Waals surface area (Å²) in [4.78, 5) is 14.0. The predicted molar refractivity (Wildman–Crippen MR) is 91.6 cm³/mol. The second kappa shape index (κ2) is 6.22. The highest BCUT2D eigenvalue weighted by molar-refractivity contribution is 7.89. The zero-order valence-electron chi connectivity index (χ0n) is 14.2. The maximum atomic E-state index is 13.0. The molecule has 1 aromatic carbocycles. The van der Waals surface area contributed by atoms with Crippen molar-refractivity contribution in [2.24, 2.45) is 5.41 Å². The molecule has 2 heterocycles. The Morgan fingerprint density at radius 1 is 1.12 bits per heavy atom. The molecule has 25 heavy (non-hydrogen) atoms. The van der Waals surface area contributed by atoms with Crippen LogP contribution in [0.25, 0.3) is 11.0 Å². The van der Waals surface area contributed by atoms with Gasteiger partial charge in [-0.05, 0) is 22.4 Å². The fourth-order valence-electron chi connectivity index (χ4n) is 2.77. The standard InChI is InChI=1S/C15H19ClN4O4S/c1-15(2,3)14(21)19-6-8-20(9-7-19)25(22,23)11-5-4-10(16)12-13(11)18-24-17-12/h4-5H,6-9H2,1-3H3. The van der Waals surface area contributed by atoms with Crippen molar-refractivity contribution in [2.45, 2.75) is 25.7 Å². The Morgan fingerprint density at radius 3 is 2.32 bits per heavy atom. The lowest BCUT2D eigenvalue weighted by Gasteiger charge is -2.37. The molecule has 136 valence electrons. The van der Waals surface area contributed by atoms with Crippen LogP contribution in [0.1, 0.15) is 20.8 Å². The number of hydrogen-bond acceptors (Lipinski definition) is 6. The van der Waals surface area contributed by atoms with E-state index in [2.05, 4.69) is 14.9 Å². The molecule has 1 aromatic heterocycles. The van der Waals surface area contributed by atoms with Gasteiger partial charge in [-0.3, -0.25) is 4.79 Å². The molecule has 1 amide bonds. The van der Waals surface area contributed by atoms with E-state index in [1.807, 2.05) is 20.8 Å². The molecular weight excluding hydrogens is 368 g/mol. The lowest BCUT2D eigenvalue weighted by molar-refractivity contribution is -0.140. The third-order valence-corrected chi connectivity index (χ3v) is 6.35. The van der Waals surface area contributed by atoms with Crippen molar-refractivity contribution in [3.63, 3.8) is 0 Å². The second-order valence-corrected chi connectivity index (χ2v) is 9.27. The number of carbonyl (C=O) groups excluding carboxylic acids is 1. The largest absolute Gasteiger partial charge is 0.340 e. The molecule has 8 nitrogen and oxygen atoms in total.